The van der Waals surface area contributed by atoms with E-state index in [4.69, 9.17) is 14.2 Å². The Morgan fingerprint density at radius 2 is 1.11 bits per heavy atom. The summed E-state index contributed by atoms with van der Waals surface area (Å²) in [5, 5.41) is 0. The first kappa shape index (κ1) is 47.8. The third-order valence-electron chi connectivity index (χ3n) is 7.01. The van der Waals surface area contributed by atoms with E-state index in [0.29, 0.717) is 23.8 Å². The predicted molar refractivity (Wildman–Crippen MR) is 158 cm³/mol. The molecule has 0 fully saturated rings. The fourth-order valence-electron chi connectivity index (χ4n) is 4.14. The summed E-state index contributed by atoms with van der Waals surface area (Å²) in [6.07, 6.45) is -29.4. The fraction of sp³-hybridized carbons (Fsp3) is 0.656. The molecule has 0 amide bonds. The van der Waals surface area contributed by atoms with Crippen molar-refractivity contribution in [2.75, 3.05) is 39.6 Å². The summed E-state index contributed by atoms with van der Waals surface area (Å²) in [5.74, 6) is -14.8. The second-order valence-corrected chi connectivity index (χ2v) is 11.6. The first-order valence-electron chi connectivity index (χ1n) is 16.1. The molecule has 0 radical (unpaired) electrons. The zero-order valence-corrected chi connectivity index (χ0v) is 28.5. The van der Waals surface area contributed by atoms with Gasteiger partial charge >= 0.3 is 42.5 Å². The number of unbranched alkanes of at least 4 members (excludes halogenated alkanes) is 5. The minimum atomic E-state index is -7.96. The average molecular weight is 834 g/mol. The topological polar surface area (TPSA) is 68.3 Å². The summed E-state index contributed by atoms with van der Waals surface area (Å²) in [6, 6.07) is 10.1. The van der Waals surface area contributed by atoms with Crippen LogP contribution in [0.5, 0.6) is 11.5 Å². The first-order chi connectivity index (χ1) is 25.3. The van der Waals surface area contributed by atoms with Gasteiger partial charge < -0.3 is 18.9 Å². The first-order valence-corrected chi connectivity index (χ1v) is 16.1. The van der Waals surface area contributed by atoms with Crippen molar-refractivity contribution in [3.05, 3.63) is 42.6 Å². The van der Waals surface area contributed by atoms with Crippen LogP contribution in [0, 0.1) is 0 Å². The molecule has 0 bridgehead atoms. The van der Waals surface area contributed by atoms with Gasteiger partial charge in [0.05, 0.1) is 38.3 Å². The van der Waals surface area contributed by atoms with E-state index in [9.17, 15) is 70.2 Å². The van der Waals surface area contributed by atoms with E-state index in [-0.39, 0.29) is 13.2 Å². The van der Waals surface area contributed by atoms with Crippen LogP contribution < -0.4 is 9.47 Å². The van der Waals surface area contributed by atoms with Gasteiger partial charge in [-0.05, 0) is 42.8 Å². The minimum Gasteiger partial charge on any atom is -0.492 e. The molecule has 1 aromatic carbocycles. The highest BCUT2D eigenvalue weighted by atomic mass is 19.4. The van der Waals surface area contributed by atoms with Crippen LogP contribution in [0.25, 0.3) is 11.3 Å². The van der Waals surface area contributed by atoms with Gasteiger partial charge in [0.2, 0.25) is 0 Å². The molecule has 1 aromatic heterocycles. The Kier molecular flexibility index (Phi) is 17.1. The summed E-state index contributed by atoms with van der Waals surface area (Å²) in [5.41, 5.74) is 1.39. The predicted octanol–water partition coefficient (Wildman–Crippen LogP) is 10.5. The van der Waals surface area contributed by atoms with Crippen LogP contribution in [0.2, 0.25) is 0 Å². The molecule has 0 saturated carbocycles. The number of rotatable bonds is 26. The lowest BCUT2D eigenvalue weighted by Crippen LogP contribution is -2.64. The number of hydrogen-bond acceptors (Lipinski definition) is 7. The van der Waals surface area contributed by atoms with E-state index in [1.54, 1.807) is 42.6 Å². The van der Waals surface area contributed by atoms with E-state index in [1.165, 1.54) is 24.0 Å². The van der Waals surface area contributed by atoms with Crippen molar-refractivity contribution < 1.29 is 98.7 Å². The smallest absolute Gasteiger partial charge is 0.460 e. The molecule has 2 aromatic rings. The number of nitrogens with zero attached hydrogens (tertiary/aromatic N) is 1. The maximum Gasteiger partial charge on any atom is 0.460 e. The molecular weight excluding hydrogens is 798 g/mol. The van der Waals surface area contributed by atoms with Gasteiger partial charge in [0.1, 0.15) is 30.9 Å². The number of benzene rings is 1. The van der Waals surface area contributed by atoms with Crippen LogP contribution in [0.4, 0.5) is 70.2 Å². The number of alkyl halides is 16. The van der Waals surface area contributed by atoms with Crippen LogP contribution in [-0.4, -0.2) is 93.3 Å². The molecule has 0 spiro atoms. The second kappa shape index (κ2) is 19.7. The third kappa shape index (κ3) is 14.0. The lowest BCUT2D eigenvalue weighted by Gasteiger charge is -2.36. The molecular formula is C32H35F16NO6. The third-order valence-corrected chi connectivity index (χ3v) is 7.01. The number of hydrogen-bond donors (Lipinski definition) is 0. The Hall–Kier alpha value is -3.31. The summed E-state index contributed by atoms with van der Waals surface area (Å²) >= 11 is 0. The van der Waals surface area contributed by atoms with Gasteiger partial charge in [0.15, 0.2) is 0 Å². The van der Waals surface area contributed by atoms with Crippen molar-refractivity contribution in [3.63, 3.8) is 0 Å². The summed E-state index contributed by atoms with van der Waals surface area (Å²) in [4.78, 5) is 4.37. The molecule has 0 aliphatic heterocycles. The molecule has 23 heteroatoms. The van der Waals surface area contributed by atoms with Gasteiger partial charge in [0.25, 0.3) is 0 Å². The van der Waals surface area contributed by atoms with Gasteiger partial charge in [-0.3, -0.25) is 4.98 Å². The number of aromatic nitrogens is 1. The van der Waals surface area contributed by atoms with Crippen molar-refractivity contribution in [1.29, 1.82) is 0 Å². The quantitative estimate of drug-likeness (QED) is 0.0691. The molecule has 1 heterocycles. The Labute approximate surface area is 303 Å². The van der Waals surface area contributed by atoms with Gasteiger partial charge in [-0.15, -0.1) is 0 Å². The highest BCUT2D eigenvalue weighted by Crippen LogP contribution is 2.56. The highest BCUT2D eigenvalue weighted by molar-refractivity contribution is 5.60. The van der Waals surface area contributed by atoms with Crippen LogP contribution in [0.3, 0.4) is 0 Å². The molecule has 1 unspecified atom stereocenters. The molecule has 316 valence electrons. The van der Waals surface area contributed by atoms with Gasteiger partial charge in [-0.2, -0.15) is 65.9 Å². The van der Waals surface area contributed by atoms with Crippen LogP contribution in [0.15, 0.2) is 42.6 Å². The maximum atomic E-state index is 13.9. The molecule has 0 aliphatic rings. The zero-order valence-electron chi connectivity index (χ0n) is 28.5. The lowest BCUT2D eigenvalue weighted by molar-refractivity contribution is -0.543. The van der Waals surface area contributed by atoms with Crippen LogP contribution >= 0.6 is 0 Å². The summed E-state index contributed by atoms with van der Waals surface area (Å²) in [7, 11) is 0. The normalized spacial score (nSPS) is 14.3. The van der Waals surface area contributed by atoms with Crippen molar-refractivity contribution in [2.45, 2.75) is 94.1 Å². The lowest BCUT2D eigenvalue weighted by atomic mass is 10.1. The second-order valence-electron chi connectivity index (χ2n) is 11.6. The van der Waals surface area contributed by atoms with Crippen molar-refractivity contribution in [3.8, 4) is 22.8 Å². The van der Waals surface area contributed by atoms with Crippen molar-refractivity contribution in [2.24, 2.45) is 0 Å². The van der Waals surface area contributed by atoms with E-state index in [1.807, 2.05) is 0 Å². The molecule has 7 nitrogen and oxygen atoms in total. The molecule has 0 aliphatic carbocycles. The molecule has 2 rings (SSSR count). The van der Waals surface area contributed by atoms with Crippen LogP contribution in [-0.2, 0) is 18.9 Å². The van der Waals surface area contributed by atoms with Gasteiger partial charge in [0, 0.05) is 5.56 Å². The molecule has 55 heavy (non-hydrogen) atoms. The Morgan fingerprint density at radius 3 is 1.69 bits per heavy atom. The average Bonchev–Trinajstić information content (AvgIpc) is 3.06. The molecule has 0 saturated heterocycles. The number of halogens is 16. The van der Waals surface area contributed by atoms with E-state index in [2.05, 4.69) is 21.4 Å². The summed E-state index contributed by atoms with van der Waals surface area (Å²) < 4.78 is 234. The van der Waals surface area contributed by atoms with Crippen molar-refractivity contribution >= 4 is 0 Å². The van der Waals surface area contributed by atoms with E-state index in [0.717, 1.165) is 24.8 Å². The van der Waals surface area contributed by atoms with Crippen molar-refractivity contribution in [1.82, 2.24) is 4.98 Å². The van der Waals surface area contributed by atoms with E-state index >= 15 is 0 Å². The molecule has 1 atom stereocenters. The zero-order chi connectivity index (χ0) is 41.8. The standard InChI is InChI=1S/C32H35F16NO6/c1-2-3-4-5-6-7-14-52-24-12-13-25(49-17-24)21-8-10-23(11-9-21)53-16-15-50-18-22(33)19-51-20-26(34,35)54-31(45,46)32(47,48)55-30(43,44)28(38,39)27(36,37)29(40,41)42/h8-13,17,22H,2-7,14-16,18-20H2,1H3. The van der Waals surface area contributed by atoms with E-state index < -0.39 is 68.4 Å². The summed E-state index contributed by atoms with van der Waals surface area (Å²) in [6.45, 7) is -2.53. The monoisotopic (exact) mass is 833 g/mol. The Balaban J connectivity index is 1.73. The van der Waals surface area contributed by atoms with Gasteiger partial charge in [-0.1, -0.05) is 39.0 Å². The number of ether oxygens (including phenoxy) is 6. The largest absolute Gasteiger partial charge is 0.492 e. The van der Waals surface area contributed by atoms with Crippen LogP contribution in [0.1, 0.15) is 45.4 Å². The fourth-order valence-corrected chi connectivity index (χ4v) is 4.14. The molecule has 0 N–H and O–H groups in total. The SMILES string of the molecule is CCCCCCCCOc1ccc(-c2ccc(OCCOCC(F)COCC(F)(F)OC(F)(F)C(F)(F)OC(F)(F)C(F)(F)C(F)(F)C(F)(F)F)cc2)nc1. The number of pyridine rings is 1. The van der Waals surface area contributed by atoms with Gasteiger partial charge in [-0.25, -0.2) is 13.9 Å². The maximum absolute atomic E-state index is 13.9. The Morgan fingerprint density at radius 1 is 0.564 bits per heavy atom. The minimum absolute atomic E-state index is 0.161. The highest BCUT2D eigenvalue weighted by Gasteiger charge is 2.85. The Bertz CT molecular complexity index is 1410.